The molecule has 0 unspecified atom stereocenters. The summed E-state index contributed by atoms with van der Waals surface area (Å²) in [7, 11) is 0. The summed E-state index contributed by atoms with van der Waals surface area (Å²) in [5, 5.41) is 9.95. The molecule has 5 nitrogen and oxygen atoms in total. The van der Waals surface area contributed by atoms with Crippen molar-refractivity contribution in [3.05, 3.63) is 30.1 Å². The van der Waals surface area contributed by atoms with Gasteiger partial charge in [-0.05, 0) is 32.9 Å². The Kier molecular flexibility index (Phi) is 3.57. The van der Waals surface area contributed by atoms with E-state index in [1.54, 1.807) is 18.2 Å². The van der Waals surface area contributed by atoms with Gasteiger partial charge in [0, 0.05) is 19.3 Å². The first-order valence-electron chi connectivity index (χ1n) is 6.36. The van der Waals surface area contributed by atoms with Crippen molar-refractivity contribution in [1.82, 2.24) is 9.38 Å². The van der Waals surface area contributed by atoms with Crippen molar-refractivity contribution in [1.29, 1.82) is 0 Å². The van der Waals surface area contributed by atoms with Crippen molar-refractivity contribution in [2.45, 2.75) is 26.4 Å². The molecule has 2 aromatic heterocycles. The molecule has 0 radical (unpaired) electrons. The van der Waals surface area contributed by atoms with Crippen molar-refractivity contribution in [2.75, 3.05) is 18.0 Å². The summed E-state index contributed by atoms with van der Waals surface area (Å²) in [5.74, 6) is 0.617. The van der Waals surface area contributed by atoms with Gasteiger partial charge in [0.25, 0.3) is 0 Å². The fraction of sp³-hybridized carbons (Fsp3) is 0.429. The fourth-order valence-corrected chi connectivity index (χ4v) is 2.15. The molecule has 0 saturated heterocycles. The van der Waals surface area contributed by atoms with Gasteiger partial charge in [0.15, 0.2) is 12.1 Å². The number of carbonyl (C=O) groups excluding carboxylic acids is 1. The van der Waals surface area contributed by atoms with Crippen LogP contribution in [-0.2, 0) is 0 Å². The SMILES string of the molecule is CCN(CC(C)(C)O)c1nc2ccccn2c1C=O. The second-order valence-corrected chi connectivity index (χ2v) is 5.19. The van der Waals surface area contributed by atoms with E-state index in [9.17, 15) is 9.90 Å². The number of imidazole rings is 1. The van der Waals surface area contributed by atoms with Crippen LogP contribution in [0.2, 0.25) is 0 Å². The van der Waals surface area contributed by atoms with Crippen molar-refractivity contribution in [3.63, 3.8) is 0 Å². The Morgan fingerprint density at radius 3 is 2.79 bits per heavy atom. The smallest absolute Gasteiger partial charge is 0.170 e. The first-order chi connectivity index (χ1) is 8.96. The lowest BCUT2D eigenvalue weighted by molar-refractivity contribution is 0.0872. The Bertz CT molecular complexity index is 584. The van der Waals surface area contributed by atoms with Gasteiger partial charge in [-0.25, -0.2) is 4.98 Å². The third kappa shape index (κ3) is 2.76. The van der Waals surface area contributed by atoms with Crippen LogP contribution in [0, 0.1) is 0 Å². The molecule has 1 N–H and O–H groups in total. The van der Waals surface area contributed by atoms with Gasteiger partial charge in [-0.1, -0.05) is 6.07 Å². The van der Waals surface area contributed by atoms with Gasteiger partial charge in [0.05, 0.1) is 5.60 Å². The van der Waals surface area contributed by atoms with E-state index in [1.807, 2.05) is 36.2 Å². The molecule has 0 atom stereocenters. The first-order valence-corrected chi connectivity index (χ1v) is 6.36. The van der Waals surface area contributed by atoms with Crippen LogP contribution in [-0.4, -0.2) is 39.5 Å². The minimum Gasteiger partial charge on any atom is -0.389 e. The third-order valence-electron chi connectivity index (χ3n) is 2.92. The number of rotatable bonds is 5. The Hall–Kier alpha value is -1.88. The van der Waals surface area contributed by atoms with Crippen molar-refractivity contribution < 1.29 is 9.90 Å². The van der Waals surface area contributed by atoms with E-state index < -0.39 is 5.60 Å². The van der Waals surface area contributed by atoms with Gasteiger partial charge in [-0.2, -0.15) is 0 Å². The fourth-order valence-electron chi connectivity index (χ4n) is 2.15. The highest BCUT2D eigenvalue weighted by Crippen LogP contribution is 2.21. The number of carbonyl (C=O) groups is 1. The van der Waals surface area contributed by atoms with E-state index in [1.165, 1.54) is 0 Å². The molecule has 0 aliphatic heterocycles. The summed E-state index contributed by atoms with van der Waals surface area (Å²) in [6, 6.07) is 5.60. The molecule has 102 valence electrons. The lowest BCUT2D eigenvalue weighted by Crippen LogP contribution is -2.39. The van der Waals surface area contributed by atoms with Crippen molar-refractivity contribution in [2.24, 2.45) is 0 Å². The van der Waals surface area contributed by atoms with Crippen LogP contribution >= 0.6 is 0 Å². The molecule has 0 bridgehead atoms. The zero-order valence-corrected chi connectivity index (χ0v) is 11.5. The number of aliphatic hydroxyl groups is 1. The molecule has 19 heavy (non-hydrogen) atoms. The quantitative estimate of drug-likeness (QED) is 0.833. The summed E-state index contributed by atoms with van der Waals surface area (Å²) in [6.07, 6.45) is 2.62. The number of hydrogen-bond acceptors (Lipinski definition) is 4. The number of aromatic nitrogens is 2. The monoisotopic (exact) mass is 261 g/mol. The van der Waals surface area contributed by atoms with Crippen LogP contribution in [0.5, 0.6) is 0 Å². The van der Waals surface area contributed by atoms with Gasteiger partial charge >= 0.3 is 0 Å². The van der Waals surface area contributed by atoms with Crippen LogP contribution < -0.4 is 4.90 Å². The number of pyridine rings is 1. The Morgan fingerprint density at radius 2 is 2.21 bits per heavy atom. The van der Waals surface area contributed by atoms with Gasteiger partial charge in [-0.15, -0.1) is 0 Å². The third-order valence-corrected chi connectivity index (χ3v) is 2.92. The second kappa shape index (κ2) is 5.01. The standard InChI is InChI=1S/C14H19N3O2/c1-4-16(10-14(2,3)19)13-11(9-18)17-8-6-5-7-12(17)15-13/h5-9,19H,4,10H2,1-3H3. The van der Waals surface area contributed by atoms with Gasteiger partial charge < -0.3 is 10.0 Å². The van der Waals surface area contributed by atoms with Crippen molar-refractivity contribution >= 4 is 17.8 Å². The molecule has 0 fully saturated rings. The molecule has 0 saturated carbocycles. The molecule has 0 aromatic carbocycles. The van der Waals surface area contributed by atoms with Crippen LogP contribution in [0.3, 0.4) is 0 Å². The highest BCUT2D eigenvalue weighted by molar-refractivity contribution is 5.83. The number of nitrogens with zero attached hydrogens (tertiary/aromatic N) is 3. The number of hydrogen-bond donors (Lipinski definition) is 1. The van der Waals surface area contributed by atoms with Gasteiger partial charge in [0.1, 0.15) is 11.3 Å². The maximum absolute atomic E-state index is 11.3. The minimum absolute atomic E-state index is 0.425. The predicted octanol–water partition coefficient (Wildman–Crippen LogP) is 1.74. The molecule has 0 aliphatic carbocycles. The van der Waals surface area contributed by atoms with E-state index in [0.29, 0.717) is 24.6 Å². The number of aldehydes is 1. The summed E-state index contributed by atoms with van der Waals surface area (Å²) in [4.78, 5) is 17.7. The average molecular weight is 261 g/mol. The normalized spacial score (nSPS) is 11.8. The largest absolute Gasteiger partial charge is 0.389 e. The van der Waals surface area contributed by atoms with Crippen LogP contribution in [0.25, 0.3) is 5.65 Å². The van der Waals surface area contributed by atoms with Gasteiger partial charge in [0.2, 0.25) is 0 Å². The molecule has 2 rings (SSSR count). The highest BCUT2D eigenvalue weighted by atomic mass is 16.3. The lowest BCUT2D eigenvalue weighted by atomic mass is 10.1. The molecular formula is C14H19N3O2. The van der Waals surface area contributed by atoms with Crippen LogP contribution in [0.15, 0.2) is 24.4 Å². The van der Waals surface area contributed by atoms with Gasteiger partial charge in [-0.3, -0.25) is 9.20 Å². The number of likely N-dealkylation sites (N-methyl/N-ethyl adjacent to an activating group) is 1. The van der Waals surface area contributed by atoms with E-state index in [2.05, 4.69) is 4.98 Å². The predicted molar refractivity (Wildman–Crippen MR) is 74.8 cm³/mol. The zero-order chi connectivity index (χ0) is 14.0. The molecule has 0 aliphatic rings. The van der Waals surface area contributed by atoms with Crippen LogP contribution in [0.1, 0.15) is 31.3 Å². The average Bonchev–Trinajstić information content (AvgIpc) is 2.73. The summed E-state index contributed by atoms with van der Waals surface area (Å²) in [6.45, 7) is 6.56. The molecule has 0 spiro atoms. The number of anilines is 1. The summed E-state index contributed by atoms with van der Waals surface area (Å²) >= 11 is 0. The molecular weight excluding hydrogens is 242 g/mol. The maximum Gasteiger partial charge on any atom is 0.170 e. The second-order valence-electron chi connectivity index (χ2n) is 5.19. The van der Waals surface area contributed by atoms with Crippen LogP contribution in [0.4, 0.5) is 5.82 Å². The maximum atomic E-state index is 11.3. The topological polar surface area (TPSA) is 57.8 Å². The first kappa shape index (κ1) is 13.5. The van der Waals surface area contributed by atoms with E-state index >= 15 is 0 Å². The molecule has 0 amide bonds. The molecule has 2 heterocycles. The Labute approximate surface area is 112 Å². The van der Waals surface area contributed by atoms with E-state index in [-0.39, 0.29) is 0 Å². The summed E-state index contributed by atoms with van der Waals surface area (Å²) < 4.78 is 1.76. The Morgan fingerprint density at radius 1 is 1.47 bits per heavy atom. The van der Waals surface area contributed by atoms with E-state index in [4.69, 9.17) is 0 Å². The van der Waals surface area contributed by atoms with E-state index in [0.717, 1.165) is 11.9 Å². The number of fused-ring (bicyclic) bond motifs is 1. The minimum atomic E-state index is -0.841. The Balaban J connectivity index is 2.50. The highest BCUT2D eigenvalue weighted by Gasteiger charge is 2.22. The van der Waals surface area contributed by atoms with Crippen molar-refractivity contribution in [3.8, 4) is 0 Å². The summed E-state index contributed by atoms with van der Waals surface area (Å²) in [5.41, 5.74) is 0.405. The zero-order valence-electron chi connectivity index (χ0n) is 11.5. The molecule has 5 heteroatoms. The lowest BCUT2D eigenvalue weighted by Gasteiger charge is -2.28. The molecule has 2 aromatic rings.